The molecule has 1 saturated heterocycles. The van der Waals surface area contributed by atoms with E-state index in [0.717, 1.165) is 74.8 Å². The molecule has 0 bridgehead atoms. The van der Waals surface area contributed by atoms with Gasteiger partial charge in [0.1, 0.15) is 17.7 Å². The molecule has 0 saturated carbocycles. The second-order valence-corrected chi connectivity index (χ2v) is 7.80. The van der Waals surface area contributed by atoms with Gasteiger partial charge in [0.25, 0.3) is 0 Å². The van der Waals surface area contributed by atoms with E-state index >= 15 is 0 Å². The van der Waals surface area contributed by atoms with Crippen LogP contribution in [0.4, 0.5) is 5.82 Å². The van der Waals surface area contributed by atoms with Gasteiger partial charge in [-0.05, 0) is 26.2 Å². The Morgan fingerprint density at radius 1 is 1.25 bits per heavy atom. The molecule has 0 amide bonds. The van der Waals surface area contributed by atoms with E-state index in [-0.39, 0.29) is 0 Å². The minimum Gasteiger partial charge on any atom is -0.381 e. The second kappa shape index (κ2) is 6.84. The Balaban J connectivity index is 1.59. The average molecular weight is 381 g/mol. The van der Waals surface area contributed by atoms with Crippen molar-refractivity contribution >= 4 is 11.3 Å². The lowest BCUT2D eigenvalue weighted by Crippen LogP contribution is -2.32. The minimum absolute atomic E-state index is 0.409. The molecule has 0 unspecified atom stereocenters. The number of nitrogens with zero attached hydrogens (tertiary/aromatic N) is 7. The topological polar surface area (TPSA) is 73.4 Å². The molecule has 5 rings (SSSR count). The highest BCUT2D eigenvalue weighted by atomic mass is 16.5. The second-order valence-electron chi connectivity index (χ2n) is 7.80. The molecule has 0 radical (unpaired) electrons. The molecule has 0 spiro atoms. The number of ether oxygens (including phenoxy) is 1. The smallest absolute Gasteiger partial charge is 0.158 e. The summed E-state index contributed by atoms with van der Waals surface area (Å²) in [4.78, 5) is 12.0. The predicted octanol–water partition coefficient (Wildman–Crippen LogP) is 2.19. The van der Waals surface area contributed by atoms with E-state index < -0.39 is 0 Å². The Morgan fingerprint density at radius 3 is 2.86 bits per heavy atom. The zero-order chi connectivity index (χ0) is 19.3. The van der Waals surface area contributed by atoms with Crippen LogP contribution in [0.2, 0.25) is 0 Å². The third-order valence-electron chi connectivity index (χ3n) is 6.17. The van der Waals surface area contributed by atoms with Crippen LogP contribution >= 0.6 is 0 Å². The first-order valence-electron chi connectivity index (χ1n) is 10.2. The van der Waals surface area contributed by atoms with Crippen molar-refractivity contribution in [2.75, 3.05) is 24.7 Å². The third kappa shape index (κ3) is 2.70. The van der Waals surface area contributed by atoms with Gasteiger partial charge in [0.2, 0.25) is 0 Å². The molecular formula is C20H27N7O. The number of hydrogen-bond donors (Lipinski definition) is 0. The molecule has 0 N–H and O–H groups in total. The van der Waals surface area contributed by atoms with E-state index in [9.17, 15) is 0 Å². The summed E-state index contributed by atoms with van der Waals surface area (Å²) in [5, 5.41) is 9.22. The van der Waals surface area contributed by atoms with E-state index in [1.54, 1.807) is 6.33 Å². The molecule has 5 heterocycles. The van der Waals surface area contributed by atoms with Crippen molar-refractivity contribution in [1.82, 2.24) is 29.4 Å². The maximum absolute atomic E-state index is 5.57. The highest BCUT2D eigenvalue weighted by Gasteiger charge is 2.29. The number of aryl methyl sites for hydroxylation is 3. The van der Waals surface area contributed by atoms with Crippen LogP contribution in [-0.2, 0) is 31.2 Å². The fraction of sp³-hybridized carbons (Fsp3) is 0.600. The number of anilines is 1. The number of imidazole rings is 1. The van der Waals surface area contributed by atoms with Crippen LogP contribution in [0.5, 0.6) is 0 Å². The fourth-order valence-electron chi connectivity index (χ4n) is 4.71. The number of fused-ring (bicyclic) bond motifs is 2. The van der Waals surface area contributed by atoms with Crippen molar-refractivity contribution < 1.29 is 4.74 Å². The summed E-state index contributed by atoms with van der Waals surface area (Å²) < 4.78 is 9.59. The molecule has 28 heavy (non-hydrogen) atoms. The standard InChI is InChI=1S/C20H27N7O/c1-4-16-15-11-26(8-5-17(15)25(3)24-16)20-19-18(14-6-9-28-10-7-14)23-13(2)27(19)22-12-21-20/h12,14H,4-11H2,1-3H3. The van der Waals surface area contributed by atoms with Crippen molar-refractivity contribution in [3.05, 3.63) is 34.8 Å². The number of hydrogen-bond acceptors (Lipinski definition) is 6. The summed E-state index contributed by atoms with van der Waals surface area (Å²) in [6, 6.07) is 0. The Kier molecular flexibility index (Phi) is 4.30. The van der Waals surface area contributed by atoms with Crippen LogP contribution in [0.1, 0.15) is 54.2 Å². The monoisotopic (exact) mass is 381 g/mol. The summed E-state index contributed by atoms with van der Waals surface area (Å²) in [6.07, 6.45) is 5.61. The number of rotatable bonds is 3. The highest BCUT2D eigenvalue weighted by Crippen LogP contribution is 2.35. The van der Waals surface area contributed by atoms with Gasteiger partial charge in [-0.15, -0.1) is 0 Å². The fourth-order valence-corrected chi connectivity index (χ4v) is 4.71. The van der Waals surface area contributed by atoms with Crippen molar-refractivity contribution in [3.63, 3.8) is 0 Å². The molecule has 2 aliphatic heterocycles. The normalized spacial score (nSPS) is 18.0. The van der Waals surface area contributed by atoms with Gasteiger partial charge in [0, 0.05) is 56.9 Å². The lowest BCUT2D eigenvalue weighted by atomic mass is 9.95. The van der Waals surface area contributed by atoms with E-state index in [0.29, 0.717) is 5.92 Å². The van der Waals surface area contributed by atoms with Gasteiger partial charge < -0.3 is 9.64 Å². The van der Waals surface area contributed by atoms with Gasteiger partial charge in [-0.25, -0.2) is 14.5 Å². The maximum atomic E-state index is 5.57. The van der Waals surface area contributed by atoms with Crippen molar-refractivity contribution in [1.29, 1.82) is 0 Å². The Hall–Kier alpha value is -2.48. The SMILES string of the molecule is CCc1nn(C)c2c1CN(c1ncnn3c(C)nc(C4CCOCC4)c13)CC2. The zero-order valence-electron chi connectivity index (χ0n) is 16.9. The first kappa shape index (κ1) is 17.6. The summed E-state index contributed by atoms with van der Waals surface area (Å²) in [5.74, 6) is 2.33. The molecule has 8 heteroatoms. The molecule has 0 aliphatic carbocycles. The minimum atomic E-state index is 0.409. The van der Waals surface area contributed by atoms with E-state index in [2.05, 4.69) is 28.7 Å². The van der Waals surface area contributed by atoms with Crippen molar-refractivity contribution in [3.8, 4) is 0 Å². The van der Waals surface area contributed by atoms with E-state index in [1.165, 1.54) is 17.0 Å². The van der Waals surface area contributed by atoms with Crippen LogP contribution in [-0.4, -0.2) is 49.1 Å². The summed E-state index contributed by atoms with van der Waals surface area (Å²) in [7, 11) is 2.06. The predicted molar refractivity (Wildman–Crippen MR) is 106 cm³/mol. The van der Waals surface area contributed by atoms with Crippen LogP contribution in [0, 0.1) is 6.92 Å². The largest absolute Gasteiger partial charge is 0.381 e. The molecule has 0 atom stereocenters. The van der Waals surface area contributed by atoms with Crippen LogP contribution in [0.25, 0.3) is 5.52 Å². The van der Waals surface area contributed by atoms with Gasteiger partial charge in [-0.2, -0.15) is 10.2 Å². The molecule has 148 valence electrons. The van der Waals surface area contributed by atoms with Crippen LogP contribution in [0.15, 0.2) is 6.33 Å². The quantitative estimate of drug-likeness (QED) is 0.692. The maximum Gasteiger partial charge on any atom is 0.158 e. The molecule has 2 aliphatic rings. The third-order valence-corrected chi connectivity index (χ3v) is 6.17. The highest BCUT2D eigenvalue weighted by molar-refractivity contribution is 5.73. The first-order valence-corrected chi connectivity index (χ1v) is 10.2. The summed E-state index contributed by atoms with van der Waals surface area (Å²) >= 11 is 0. The molecule has 3 aromatic heterocycles. The van der Waals surface area contributed by atoms with Gasteiger partial charge in [0.15, 0.2) is 5.82 Å². The van der Waals surface area contributed by atoms with Crippen molar-refractivity contribution in [2.45, 2.75) is 52.0 Å². The Labute approximate surface area is 164 Å². The lowest BCUT2D eigenvalue weighted by molar-refractivity contribution is 0.0848. The van der Waals surface area contributed by atoms with Gasteiger partial charge >= 0.3 is 0 Å². The van der Waals surface area contributed by atoms with Gasteiger partial charge in [0.05, 0.1) is 11.4 Å². The average Bonchev–Trinajstić information content (AvgIpc) is 3.25. The van der Waals surface area contributed by atoms with Gasteiger partial charge in [-0.3, -0.25) is 4.68 Å². The number of aromatic nitrogens is 6. The molecule has 0 aromatic carbocycles. The molecular weight excluding hydrogens is 354 g/mol. The lowest BCUT2D eigenvalue weighted by Gasteiger charge is -2.29. The van der Waals surface area contributed by atoms with Crippen molar-refractivity contribution in [2.24, 2.45) is 7.05 Å². The summed E-state index contributed by atoms with van der Waals surface area (Å²) in [5.41, 5.74) is 6.10. The van der Waals surface area contributed by atoms with E-state index in [4.69, 9.17) is 19.8 Å². The van der Waals surface area contributed by atoms with Gasteiger partial charge in [-0.1, -0.05) is 6.92 Å². The van der Waals surface area contributed by atoms with Crippen LogP contribution < -0.4 is 4.90 Å². The molecule has 3 aromatic rings. The Bertz CT molecular complexity index is 1020. The van der Waals surface area contributed by atoms with Crippen LogP contribution in [0.3, 0.4) is 0 Å². The molecule has 1 fully saturated rings. The zero-order valence-corrected chi connectivity index (χ0v) is 16.9. The van der Waals surface area contributed by atoms with E-state index in [1.807, 2.05) is 11.4 Å². The Morgan fingerprint density at radius 2 is 2.07 bits per heavy atom. The molecule has 8 nitrogen and oxygen atoms in total. The first-order chi connectivity index (χ1) is 13.7. The summed E-state index contributed by atoms with van der Waals surface area (Å²) in [6.45, 7) is 7.57.